The zero-order valence-electron chi connectivity index (χ0n) is 26.5. The van der Waals surface area contributed by atoms with Crippen LogP contribution in [-0.4, -0.2) is 4.98 Å². The van der Waals surface area contributed by atoms with Gasteiger partial charge in [0.1, 0.15) is 7.05 Å². The number of aromatic nitrogens is 2. The first-order valence-electron chi connectivity index (χ1n) is 16.3. The fourth-order valence-corrected chi connectivity index (χ4v) is 8.70. The molecule has 0 saturated carbocycles. The van der Waals surface area contributed by atoms with Gasteiger partial charge in [0, 0.05) is 39.9 Å². The molecule has 2 unspecified atom stereocenters. The monoisotopic (exact) mass is 593 g/mol. The maximum atomic E-state index is 6.51. The van der Waals surface area contributed by atoms with Gasteiger partial charge in [0.2, 0.25) is 11.4 Å². The van der Waals surface area contributed by atoms with Gasteiger partial charge in [-0.2, -0.15) is 0 Å². The van der Waals surface area contributed by atoms with Gasteiger partial charge in [-0.25, -0.2) is 9.55 Å². The maximum absolute atomic E-state index is 6.51. The average Bonchev–Trinajstić information content (AvgIpc) is 3.67. The summed E-state index contributed by atoms with van der Waals surface area (Å²) >= 11 is 0. The predicted molar refractivity (Wildman–Crippen MR) is 185 cm³/mol. The summed E-state index contributed by atoms with van der Waals surface area (Å²) in [7, 11) is 2.14. The molecule has 3 nitrogen and oxygen atoms in total. The molecule has 7 aromatic rings. The van der Waals surface area contributed by atoms with E-state index in [1.165, 1.54) is 66.1 Å². The smallest absolute Gasteiger partial charge is 0.227 e. The second kappa shape index (κ2) is 9.14. The minimum Gasteiger partial charge on any atom is -0.437 e. The van der Waals surface area contributed by atoms with Crippen molar-refractivity contribution in [1.82, 2.24) is 4.98 Å². The Morgan fingerprint density at radius 3 is 2.11 bits per heavy atom. The Morgan fingerprint density at radius 1 is 0.674 bits per heavy atom. The van der Waals surface area contributed by atoms with Gasteiger partial charge in [0.05, 0.1) is 5.56 Å². The minimum atomic E-state index is 0.243. The topological polar surface area (TPSA) is 29.9 Å². The molecule has 220 valence electrons. The van der Waals surface area contributed by atoms with Crippen molar-refractivity contribution in [3.63, 3.8) is 0 Å². The van der Waals surface area contributed by atoms with E-state index in [0.717, 1.165) is 39.7 Å². The Bertz CT molecular complexity index is 2620. The molecule has 4 aliphatic rings. The number of rotatable bonds is 2. The standard InChI is InChI=1S/C43H33N2O/c1-23-12-15-32-33-16-13-25(3)44-43(33)46-42(32)39(23)38-21-34(24(2)22-45(38)4)28-14-17-31-35(20-28)41-30-11-6-5-10-29(30)40(31)36-18-26-8-7-9-27(26)19-37(36)41/h5-6,8-22,40-41H,7H2,1-4H3/q+1. The molecule has 3 heteroatoms. The number of furan rings is 1. The molecule has 0 aliphatic heterocycles. The van der Waals surface area contributed by atoms with Crippen molar-refractivity contribution in [2.75, 3.05) is 0 Å². The molecular weight excluding hydrogens is 560 g/mol. The van der Waals surface area contributed by atoms with Gasteiger partial charge in [-0.15, -0.1) is 0 Å². The first kappa shape index (κ1) is 26.0. The SMILES string of the molecule is Cc1ccc2c(n1)oc1c(-c3cc(-c4ccc5c(c4)C4c6ccccc6C5c5cc6c(cc54)=CCC=6)c(C)c[n+]3C)c(C)ccc12. The number of fused-ring (bicyclic) bond motifs is 4. The Hall–Kier alpha value is -5.28. The molecule has 11 rings (SSSR count). The molecule has 3 aromatic heterocycles. The lowest BCUT2D eigenvalue weighted by molar-refractivity contribution is -0.660. The molecule has 46 heavy (non-hydrogen) atoms. The number of pyridine rings is 2. The van der Waals surface area contributed by atoms with Crippen molar-refractivity contribution in [2.24, 2.45) is 7.05 Å². The van der Waals surface area contributed by atoms with Crippen LogP contribution < -0.4 is 15.0 Å². The summed E-state index contributed by atoms with van der Waals surface area (Å²) < 4.78 is 8.75. The molecule has 0 spiro atoms. The van der Waals surface area contributed by atoms with E-state index in [-0.39, 0.29) is 11.8 Å². The van der Waals surface area contributed by atoms with E-state index in [9.17, 15) is 0 Å². The maximum Gasteiger partial charge on any atom is 0.227 e. The zero-order valence-corrected chi connectivity index (χ0v) is 26.5. The molecule has 2 bridgehead atoms. The lowest BCUT2D eigenvalue weighted by Crippen LogP contribution is -2.33. The summed E-state index contributed by atoms with van der Waals surface area (Å²) in [5.41, 5.74) is 18.6. The summed E-state index contributed by atoms with van der Waals surface area (Å²) in [6.07, 6.45) is 8.04. The van der Waals surface area contributed by atoms with Gasteiger partial charge >= 0.3 is 0 Å². The number of hydrogen-bond donors (Lipinski definition) is 0. The second-order valence-corrected chi connectivity index (χ2v) is 13.5. The summed E-state index contributed by atoms with van der Waals surface area (Å²) in [5.74, 6) is 0.517. The molecule has 4 aromatic carbocycles. The molecule has 0 N–H and O–H groups in total. The van der Waals surface area contributed by atoms with Crippen molar-refractivity contribution >= 4 is 34.2 Å². The van der Waals surface area contributed by atoms with E-state index in [1.807, 2.05) is 6.92 Å². The van der Waals surface area contributed by atoms with Crippen molar-refractivity contribution in [3.05, 3.63) is 152 Å². The van der Waals surface area contributed by atoms with Gasteiger partial charge in [-0.05, 0) is 106 Å². The Labute approximate surface area is 267 Å². The molecule has 0 amide bonds. The van der Waals surface area contributed by atoms with Crippen LogP contribution >= 0.6 is 0 Å². The predicted octanol–water partition coefficient (Wildman–Crippen LogP) is 8.02. The van der Waals surface area contributed by atoms with Crippen LogP contribution in [0.15, 0.2) is 95.5 Å². The van der Waals surface area contributed by atoms with E-state index in [4.69, 9.17) is 9.40 Å². The van der Waals surface area contributed by atoms with Crippen LogP contribution in [0.2, 0.25) is 0 Å². The molecule has 3 heterocycles. The van der Waals surface area contributed by atoms with Crippen LogP contribution in [0.5, 0.6) is 0 Å². The third-order valence-corrected chi connectivity index (χ3v) is 10.8. The van der Waals surface area contributed by atoms with E-state index >= 15 is 0 Å². The Balaban J connectivity index is 1.17. The zero-order chi connectivity index (χ0) is 30.8. The number of nitrogens with zero attached hydrogens (tertiary/aromatic N) is 2. The van der Waals surface area contributed by atoms with Crippen LogP contribution in [0.25, 0.3) is 56.6 Å². The molecule has 4 aliphatic carbocycles. The van der Waals surface area contributed by atoms with Gasteiger partial charge in [-0.3, -0.25) is 0 Å². The number of aryl methyl sites for hydroxylation is 4. The van der Waals surface area contributed by atoms with E-state index in [1.54, 1.807) is 0 Å². The van der Waals surface area contributed by atoms with Crippen molar-refractivity contribution in [1.29, 1.82) is 0 Å². The van der Waals surface area contributed by atoms with Gasteiger partial charge in [0.25, 0.3) is 0 Å². The summed E-state index contributed by atoms with van der Waals surface area (Å²) in [5, 5.41) is 4.94. The average molecular weight is 594 g/mol. The fraction of sp³-hybridized carbons (Fsp3) is 0.163. The summed E-state index contributed by atoms with van der Waals surface area (Å²) in [4.78, 5) is 4.71. The Kier molecular flexibility index (Phi) is 5.16. The van der Waals surface area contributed by atoms with E-state index < -0.39 is 0 Å². The highest BCUT2D eigenvalue weighted by molar-refractivity contribution is 6.09. The van der Waals surface area contributed by atoms with Crippen LogP contribution in [0.3, 0.4) is 0 Å². The lowest BCUT2D eigenvalue weighted by atomic mass is 9.60. The lowest BCUT2D eigenvalue weighted by Gasteiger charge is -2.42. The Morgan fingerprint density at radius 2 is 1.35 bits per heavy atom. The molecule has 0 fully saturated rings. The minimum absolute atomic E-state index is 0.243. The van der Waals surface area contributed by atoms with E-state index in [0.29, 0.717) is 5.71 Å². The van der Waals surface area contributed by atoms with Crippen molar-refractivity contribution in [3.8, 4) is 22.4 Å². The third kappa shape index (κ3) is 3.43. The summed E-state index contributed by atoms with van der Waals surface area (Å²) in [6.45, 7) is 6.42. The first-order valence-corrected chi connectivity index (χ1v) is 16.3. The summed E-state index contributed by atoms with van der Waals surface area (Å²) in [6, 6.07) is 32.3. The number of hydrogen-bond acceptors (Lipinski definition) is 2. The van der Waals surface area contributed by atoms with Gasteiger partial charge in [0.15, 0.2) is 11.8 Å². The van der Waals surface area contributed by atoms with Crippen LogP contribution in [-0.2, 0) is 7.05 Å². The van der Waals surface area contributed by atoms with Crippen LogP contribution in [0.4, 0.5) is 0 Å². The molecule has 0 radical (unpaired) electrons. The highest BCUT2D eigenvalue weighted by Crippen LogP contribution is 2.55. The molecular formula is C43H33N2O+. The largest absolute Gasteiger partial charge is 0.437 e. The molecule has 2 atom stereocenters. The van der Waals surface area contributed by atoms with Crippen molar-refractivity contribution < 1.29 is 8.98 Å². The van der Waals surface area contributed by atoms with E-state index in [2.05, 4.69) is 129 Å². The quantitative estimate of drug-likeness (QED) is 0.190. The van der Waals surface area contributed by atoms with Gasteiger partial charge < -0.3 is 4.42 Å². The third-order valence-electron chi connectivity index (χ3n) is 10.8. The van der Waals surface area contributed by atoms with Crippen LogP contribution in [0.1, 0.15) is 68.5 Å². The molecule has 0 saturated heterocycles. The normalized spacial score (nSPS) is 17.0. The van der Waals surface area contributed by atoms with Crippen LogP contribution in [0, 0.1) is 20.8 Å². The highest BCUT2D eigenvalue weighted by atomic mass is 16.3. The first-order chi connectivity index (χ1) is 22.4. The fourth-order valence-electron chi connectivity index (χ4n) is 8.70. The van der Waals surface area contributed by atoms with Gasteiger partial charge in [-0.1, -0.05) is 72.8 Å². The van der Waals surface area contributed by atoms with Crippen molar-refractivity contribution in [2.45, 2.75) is 39.0 Å². The second-order valence-electron chi connectivity index (χ2n) is 13.5. The number of benzene rings is 4. The highest BCUT2D eigenvalue weighted by Gasteiger charge is 2.41.